The van der Waals surface area contributed by atoms with Crippen LogP contribution in [0.2, 0.25) is 0 Å². The first-order valence-electron chi connectivity index (χ1n) is 8.85. The van der Waals surface area contributed by atoms with E-state index in [2.05, 4.69) is 15.6 Å². The van der Waals surface area contributed by atoms with Crippen LogP contribution in [0.4, 0.5) is 17.1 Å². The number of nitrogens with one attached hydrogen (secondary N) is 2. The van der Waals surface area contributed by atoms with Crippen molar-refractivity contribution in [2.75, 3.05) is 10.6 Å². The second-order valence-electron chi connectivity index (χ2n) is 6.39. The van der Waals surface area contributed by atoms with Gasteiger partial charge in [-0.05, 0) is 68.4 Å². The maximum absolute atomic E-state index is 12.5. The van der Waals surface area contributed by atoms with Crippen LogP contribution >= 0.6 is 0 Å². The molecule has 3 rings (SSSR count). The second-order valence-corrected chi connectivity index (χ2v) is 6.39. The van der Waals surface area contributed by atoms with Gasteiger partial charge in [0.05, 0.1) is 17.7 Å². The number of hydrogen-bond acceptors (Lipinski definition) is 5. The number of benzene rings is 2. The third kappa shape index (κ3) is 5.08. The summed E-state index contributed by atoms with van der Waals surface area (Å²) in [5.41, 5.74) is 2.90. The quantitative estimate of drug-likeness (QED) is 0.653. The highest BCUT2D eigenvalue weighted by Gasteiger charge is 2.09. The molecule has 0 bridgehead atoms. The molecule has 0 saturated heterocycles. The van der Waals surface area contributed by atoms with Crippen molar-refractivity contribution < 1.29 is 9.53 Å². The van der Waals surface area contributed by atoms with Crippen molar-refractivity contribution in [2.45, 2.75) is 20.0 Å². The van der Waals surface area contributed by atoms with Crippen LogP contribution in [0.3, 0.4) is 0 Å². The van der Waals surface area contributed by atoms with Gasteiger partial charge in [-0.3, -0.25) is 9.78 Å². The Morgan fingerprint density at radius 2 is 1.82 bits per heavy atom. The van der Waals surface area contributed by atoms with Crippen LogP contribution in [0.25, 0.3) is 0 Å². The van der Waals surface area contributed by atoms with E-state index < -0.39 is 0 Å². The molecule has 2 N–H and O–H groups in total. The normalized spacial score (nSPS) is 10.2. The Morgan fingerprint density at radius 1 is 1.04 bits per heavy atom. The lowest BCUT2D eigenvalue weighted by Gasteiger charge is -2.11. The van der Waals surface area contributed by atoms with E-state index in [0.717, 1.165) is 17.1 Å². The molecule has 140 valence electrons. The number of amides is 1. The fourth-order valence-electron chi connectivity index (χ4n) is 2.55. The van der Waals surface area contributed by atoms with Gasteiger partial charge in [-0.2, -0.15) is 5.26 Å². The number of ether oxygens (including phenoxy) is 1. The van der Waals surface area contributed by atoms with Gasteiger partial charge < -0.3 is 15.4 Å². The summed E-state index contributed by atoms with van der Waals surface area (Å²) in [5.74, 6) is 0.453. The minimum atomic E-state index is -0.348. The summed E-state index contributed by atoms with van der Waals surface area (Å²) in [5, 5.41) is 15.0. The summed E-state index contributed by atoms with van der Waals surface area (Å²) < 4.78 is 5.63. The van der Waals surface area contributed by atoms with Crippen molar-refractivity contribution in [3.63, 3.8) is 0 Å². The molecule has 0 saturated carbocycles. The van der Waals surface area contributed by atoms with Gasteiger partial charge in [0.25, 0.3) is 5.91 Å². The van der Waals surface area contributed by atoms with E-state index in [4.69, 9.17) is 10.00 Å². The summed E-state index contributed by atoms with van der Waals surface area (Å²) in [6, 6.07) is 19.8. The average Bonchev–Trinajstić information content (AvgIpc) is 2.69. The van der Waals surface area contributed by atoms with Gasteiger partial charge in [-0.25, -0.2) is 0 Å². The number of nitrogens with zero attached hydrogens (tertiary/aromatic N) is 2. The highest BCUT2D eigenvalue weighted by molar-refractivity contribution is 6.03. The van der Waals surface area contributed by atoms with E-state index >= 15 is 0 Å². The number of pyridine rings is 1. The number of carbonyl (C=O) groups is 1. The molecule has 6 heteroatoms. The van der Waals surface area contributed by atoms with E-state index in [9.17, 15) is 4.79 Å². The first kappa shape index (κ1) is 18.9. The van der Waals surface area contributed by atoms with Gasteiger partial charge in [0.15, 0.2) is 0 Å². The smallest absolute Gasteiger partial charge is 0.274 e. The summed E-state index contributed by atoms with van der Waals surface area (Å²) >= 11 is 0. The Balaban J connectivity index is 1.69. The molecule has 6 nitrogen and oxygen atoms in total. The zero-order valence-corrected chi connectivity index (χ0v) is 15.6. The topological polar surface area (TPSA) is 87.0 Å². The highest BCUT2D eigenvalue weighted by atomic mass is 16.5. The van der Waals surface area contributed by atoms with Crippen LogP contribution in [-0.2, 0) is 0 Å². The van der Waals surface area contributed by atoms with E-state index in [1.165, 1.54) is 0 Å². The molecule has 0 radical (unpaired) electrons. The lowest BCUT2D eigenvalue weighted by molar-refractivity contribution is 0.102. The van der Waals surface area contributed by atoms with Gasteiger partial charge in [-0.1, -0.05) is 6.07 Å². The molecule has 1 heterocycles. The van der Waals surface area contributed by atoms with Crippen molar-refractivity contribution in [3.8, 4) is 11.8 Å². The van der Waals surface area contributed by atoms with Crippen molar-refractivity contribution in [1.29, 1.82) is 5.26 Å². The lowest BCUT2D eigenvalue weighted by atomic mass is 10.2. The summed E-state index contributed by atoms with van der Waals surface area (Å²) in [4.78, 5) is 16.6. The Bertz CT molecular complexity index is 1010. The number of aromatic nitrogens is 1. The highest BCUT2D eigenvalue weighted by Crippen LogP contribution is 2.21. The zero-order valence-electron chi connectivity index (χ0n) is 15.6. The lowest BCUT2D eigenvalue weighted by Crippen LogP contribution is -2.13. The molecule has 0 spiro atoms. The Morgan fingerprint density at radius 3 is 2.54 bits per heavy atom. The number of anilines is 3. The maximum atomic E-state index is 12.5. The molecule has 1 aromatic heterocycles. The monoisotopic (exact) mass is 372 g/mol. The largest absolute Gasteiger partial charge is 0.491 e. The standard InChI is InChI=1S/C22H20N4O2/c1-15(2)28-20-8-6-17(7-9-20)25-19-10-11-24-21(13-19)22(27)26-18-5-3-4-16(12-18)14-23/h3-13,15H,1-2H3,(H,24,25)(H,26,27). The first-order valence-corrected chi connectivity index (χ1v) is 8.85. The van der Waals surface area contributed by atoms with Crippen LogP contribution in [-0.4, -0.2) is 17.0 Å². The number of nitriles is 1. The number of rotatable bonds is 6. The summed E-state index contributed by atoms with van der Waals surface area (Å²) in [6.07, 6.45) is 1.69. The van der Waals surface area contributed by atoms with Gasteiger partial charge in [0, 0.05) is 23.3 Å². The zero-order chi connectivity index (χ0) is 19.9. The molecule has 0 aliphatic carbocycles. The van der Waals surface area contributed by atoms with E-state index in [-0.39, 0.29) is 17.7 Å². The van der Waals surface area contributed by atoms with Gasteiger partial charge in [-0.15, -0.1) is 0 Å². The van der Waals surface area contributed by atoms with Gasteiger partial charge >= 0.3 is 0 Å². The van der Waals surface area contributed by atoms with Crippen LogP contribution in [0.5, 0.6) is 5.75 Å². The fraction of sp³-hybridized carbons (Fsp3) is 0.136. The minimum absolute atomic E-state index is 0.119. The molecular weight excluding hydrogens is 352 g/mol. The Labute approximate surface area is 163 Å². The SMILES string of the molecule is CC(C)Oc1ccc(Nc2ccnc(C(=O)Nc3cccc(C#N)c3)c2)cc1. The third-order valence-corrected chi connectivity index (χ3v) is 3.76. The molecule has 28 heavy (non-hydrogen) atoms. The summed E-state index contributed by atoms with van der Waals surface area (Å²) in [7, 11) is 0. The minimum Gasteiger partial charge on any atom is -0.491 e. The van der Waals surface area contributed by atoms with E-state index in [1.54, 1.807) is 42.6 Å². The average molecular weight is 372 g/mol. The Hall–Kier alpha value is -3.85. The Kier molecular flexibility index (Phi) is 5.87. The molecule has 3 aromatic rings. The van der Waals surface area contributed by atoms with Gasteiger partial charge in [0.1, 0.15) is 11.4 Å². The van der Waals surface area contributed by atoms with E-state index in [1.807, 2.05) is 44.2 Å². The van der Waals surface area contributed by atoms with E-state index in [0.29, 0.717) is 11.3 Å². The third-order valence-electron chi connectivity index (χ3n) is 3.76. The fourth-order valence-corrected chi connectivity index (χ4v) is 2.55. The van der Waals surface area contributed by atoms with Crippen LogP contribution in [0.1, 0.15) is 29.9 Å². The predicted octanol–water partition coefficient (Wildman–Crippen LogP) is 4.74. The second kappa shape index (κ2) is 8.69. The molecule has 2 aromatic carbocycles. The molecular formula is C22H20N4O2. The van der Waals surface area contributed by atoms with Gasteiger partial charge in [0.2, 0.25) is 0 Å². The van der Waals surface area contributed by atoms with Crippen LogP contribution < -0.4 is 15.4 Å². The predicted molar refractivity (Wildman–Crippen MR) is 109 cm³/mol. The molecule has 1 amide bonds. The van der Waals surface area contributed by atoms with Crippen molar-refractivity contribution >= 4 is 23.0 Å². The van der Waals surface area contributed by atoms with Crippen LogP contribution in [0, 0.1) is 11.3 Å². The van der Waals surface area contributed by atoms with Crippen molar-refractivity contribution in [3.05, 3.63) is 78.1 Å². The van der Waals surface area contributed by atoms with Crippen molar-refractivity contribution in [1.82, 2.24) is 4.98 Å². The van der Waals surface area contributed by atoms with Crippen LogP contribution in [0.15, 0.2) is 66.9 Å². The number of carbonyl (C=O) groups excluding carboxylic acids is 1. The molecule has 0 aliphatic heterocycles. The number of hydrogen-bond donors (Lipinski definition) is 2. The molecule has 0 fully saturated rings. The first-order chi connectivity index (χ1) is 13.5. The maximum Gasteiger partial charge on any atom is 0.274 e. The molecule has 0 unspecified atom stereocenters. The molecule has 0 atom stereocenters. The molecule has 0 aliphatic rings. The van der Waals surface area contributed by atoms with Crippen molar-refractivity contribution in [2.24, 2.45) is 0 Å². The summed E-state index contributed by atoms with van der Waals surface area (Å²) in [6.45, 7) is 3.96.